The first-order valence-corrected chi connectivity index (χ1v) is 6.93. The van der Waals surface area contributed by atoms with Gasteiger partial charge < -0.3 is 0 Å². The average Bonchev–Trinajstić information content (AvgIpc) is 1.85. The minimum absolute atomic E-state index is 0.689. The van der Waals surface area contributed by atoms with E-state index in [1.807, 2.05) is 0 Å². The molecule has 0 aromatic heterocycles. The first kappa shape index (κ1) is 12.7. The van der Waals surface area contributed by atoms with Gasteiger partial charge in [0.2, 0.25) is 0 Å². The molecule has 0 fully saturated rings. The number of halogens is 3. The Kier molecular flexibility index (Phi) is 8.19. The van der Waals surface area contributed by atoms with E-state index in [9.17, 15) is 0 Å². The molecule has 0 aliphatic carbocycles. The van der Waals surface area contributed by atoms with E-state index in [0.29, 0.717) is 6.42 Å². The Labute approximate surface area is 97.0 Å². The summed E-state index contributed by atoms with van der Waals surface area (Å²) in [6, 6.07) is 0. The molecule has 4 heteroatoms. The third kappa shape index (κ3) is 11.7. The van der Waals surface area contributed by atoms with Crippen LogP contribution in [0.3, 0.4) is 0 Å². The van der Waals surface area contributed by atoms with Gasteiger partial charge in [-0.15, -0.1) is 0 Å². The van der Waals surface area contributed by atoms with Crippen molar-refractivity contribution in [2.24, 2.45) is 0 Å². The summed E-state index contributed by atoms with van der Waals surface area (Å²) < 4.78 is 0.318. The van der Waals surface area contributed by atoms with E-state index >= 15 is 0 Å². The molecule has 11 heavy (non-hydrogen) atoms. The van der Waals surface area contributed by atoms with Crippen molar-refractivity contribution in [3.63, 3.8) is 0 Å². The molecule has 0 aromatic rings. The van der Waals surface area contributed by atoms with Crippen LogP contribution in [0.5, 0.6) is 0 Å². The van der Waals surface area contributed by atoms with Gasteiger partial charge in [0.05, 0.1) is 0 Å². The maximum absolute atomic E-state index is 5.58. The van der Waals surface area contributed by atoms with Crippen molar-refractivity contribution in [3.05, 3.63) is 0 Å². The molecule has 0 spiro atoms. The molecule has 0 aliphatic heterocycles. The summed E-state index contributed by atoms with van der Waals surface area (Å²) in [5, 5.41) is 0. The van der Waals surface area contributed by atoms with E-state index in [1.54, 1.807) is 22.5 Å². The van der Waals surface area contributed by atoms with Crippen LogP contribution in [0.4, 0.5) is 0 Å². The standard InChI is InChI=1S/C7H12Cl3.Sn/c1-2-3-4-5-6-7(8,9)10;/h1-6H2;. The van der Waals surface area contributed by atoms with Crippen LogP contribution in [0.1, 0.15) is 32.1 Å². The Morgan fingerprint density at radius 3 is 1.91 bits per heavy atom. The maximum atomic E-state index is 5.58. The fraction of sp³-hybridized carbons (Fsp3) is 1.00. The fourth-order valence-corrected chi connectivity index (χ4v) is 1.92. The van der Waals surface area contributed by atoms with Crippen LogP contribution in [0, 0.1) is 0 Å². The second-order valence-electron chi connectivity index (χ2n) is 2.53. The fourth-order valence-electron chi connectivity index (χ4n) is 0.804. The van der Waals surface area contributed by atoms with Gasteiger partial charge in [-0.2, -0.15) is 0 Å². The van der Waals surface area contributed by atoms with Gasteiger partial charge in [-0.1, -0.05) is 0 Å². The number of hydrogen-bond acceptors (Lipinski definition) is 0. The molecule has 0 N–H and O–H groups in total. The van der Waals surface area contributed by atoms with Gasteiger partial charge >= 0.3 is 97.7 Å². The van der Waals surface area contributed by atoms with E-state index in [0.717, 1.165) is 6.42 Å². The number of hydrogen-bond donors (Lipinski definition) is 0. The van der Waals surface area contributed by atoms with Crippen molar-refractivity contribution in [1.29, 1.82) is 0 Å². The topological polar surface area (TPSA) is 0 Å². The Morgan fingerprint density at radius 2 is 1.45 bits per heavy atom. The van der Waals surface area contributed by atoms with Crippen molar-refractivity contribution < 1.29 is 0 Å². The molecule has 0 amide bonds. The zero-order valence-corrected chi connectivity index (χ0v) is 11.5. The summed E-state index contributed by atoms with van der Waals surface area (Å²) in [6.45, 7) is 0. The molecule has 3 radical (unpaired) electrons. The Balaban J connectivity index is 3.02. The van der Waals surface area contributed by atoms with Crippen LogP contribution in [0.25, 0.3) is 0 Å². The van der Waals surface area contributed by atoms with Crippen molar-refractivity contribution in [1.82, 2.24) is 0 Å². The van der Waals surface area contributed by atoms with Crippen molar-refractivity contribution in [3.8, 4) is 0 Å². The van der Waals surface area contributed by atoms with Gasteiger partial charge in [-0.25, -0.2) is 0 Å². The van der Waals surface area contributed by atoms with Crippen molar-refractivity contribution in [2.75, 3.05) is 0 Å². The van der Waals surface area contributed by atoms with Crippen molar-refractivity contribution in [2.45, 2.75) is 40.3 Å². The summed E-state index contributed by atoms with van der Waals surface area (Å²) in [6.07, 6.45) is 5.54. The van der Waals surface area contributed by atoms with Crippen LogP contribution < -0.4 is 0 Å². The molecule has 0 heterocycles. The van der Waals surface area contributed by atoms with Crippen LogP contribution >= 0.6 is 34.8 Å². The Hall–Kier alpha value is 1.67. The minimum atomic E-state index is -1.03. The Morgan fingerprint density at radius 1 is 0.909 bits per heavy atom. The summed E-state index contributed by atoms with van der Waals surface area (Å²) in [5.74, 6) is 0. The van der Waals surface area contributed by atoms with E-state index in [4.69, 9.17) is 34.8 Å². The summed E-state index contributed by atoms with van der Waals surface area (Å²) in [5.41, 5.74) is 0. The predicted molar refractivity (Wildman–Crippen MR) is 53.9 cm³/mol. The summed E-state index contributed by atoms with van der Waals surface area (Å²) in [7, 11) is 0. The molecular weight excluding hydrogens is 309 g/mol. The molecule has 0 saturated heterocycles. The van der Waals surface area contributed by atoms with Gasteiger partial charge in [0.15, 0.2) is 0 Å². The third-order valence-electron chi connectivity index (χ3n) is 1.39. The molecular formula is C7H12Cl3Sn. The molecule has 0 unspecified atom stereocenters. The summed E-state index contributed by atoms with van der Waals surface area (Å²) in [4.78, 5) is 0. The SMILES string of the molecule is ClC(Cl)(Cl)CCCCC[CH2][Sn]. The van der Waals surface area contributed by atoms with Crippen molar-refractivity contribution >= 4 is 57.3 Å². The third-order valence-corrected chi connectivity index (χ3v) is 2.96. The number of rotatable bonds is 5. The van der Waals surface area contributed by atoms with Gasteiger partial charge in [-0.3, -0.25) is 0 Å². The number of alkyl halides is 3. The second-order valence-corrected chi connectivity index (χ2v) is 6.47. The quantitative estimate of drug-likeness (QED) is 0.409. The average molecular weight is 321 g/mol. The van der Waals surface area contributed by atoms with Crippen LogP contribution in [0.15, 0.2) is 0 Å². The molecule has 0 nitrogen and oxygen atoms in total. The van der Waals surface area contributed by atoms with E-state index in [2.05, 4.69) is 0 Å². The normalized spacial score (nSPS) is 12.0. The molecule has 0 saturated carbocycles. The Bertz CT molecular complexity index is 90.2. The molecule has 0 aromatic carbocycles. The van der Waals surface area contributed by atoms with Crippen LogP contribution in [0.2, 0.25) is 4.44 Å². The monoisotopic (exact) mass is 321 g/mol. The van der Waals surface area contributed by atoms with Gasteiger partial charge in [0.1, 0.15) is 0 Å². The molecule has 65 valence electrons. The van der Waals surface area contributed by atoms with Crippen LogP contribution in [-0.2, 0) is 0 Å². The first-order chi connectivity index (χ1) is 5.06. The van der Waals surface area contributed by atoms with Gasteiger partial charge in [-0.05, 0) is 0 Å². The first-order valence-electron chi connectivity index (χ1n) is 3.77. The molecule has 0 rings (SSSR count). The zero-order chi connectivity index (χ0) is 8.74. The van der Waals surface area contributed by atoms with Gasteiger partial charge in [0.25, 0.3) is 0 Å². The molecule has 0 bridgehead atoms. The second kappa shape index (κ2) is 7.11. The van der Waals surface area contributed by atoms with Crippen LogP contribution in [-0.4, -0.2) is 26.3 Å². The number of unbranched alkanes of at least 4 members (excludes halogenated alkanes) is 3. The zero-order valence-electron chi connectivity index (χ0n) is 6.38. The molecule has 0 aliphatic rings. The predicted octanol–water partition coefficient (Wildman–Crippen LogP) is 3.89. The van der Waals surface area contributed by atoms with Gasteiger partial charge in [0, 0.05) is 0 Å². The molecule has 0 atom stereocenters. The van der Waals surface area contributed by atoms with E-state index in [1.165, 1.54) is 23.7 Å². The van der Waals surface area contributed by atoms with E-state index in [-0.39, 0.29) is 0 Å². The summed E-state index contributed by atoms with van der Waals surface area (Å²) >= 11 is 18.4. The van der Waals surface area contributed by atoms with E-state index < -0.39 is 3.79 Å².